The minimum atomic E-state index is 0.308. The summed E-state index contributed by atoms with van der Waals surface area (Å²) in [6, 6.07) is 11.2. The number of piperidine rings is 1. The molecule has 21 heavy (non-hydrogen) atoms. The first kappa shape index (κ1) is 14.9. The zero-order chi connectivity index (χ0) is 14.5. The first-order chi connectivity index (χ1) is 10.3. The third-order valence-corrected chi connectivity index (χ3v) is 5.53. The summed E-state index contributed by atoms with van der Waals surface area (Å²) in [5.41, 5.74) is 0. The van der Waals surface area contributed by atoms with Crippen LogP contribution < -0.4 is 5.32 Å². The fourth-order valence-corrected chi connectivity index (χ4v) is 4.28. The van der Waals surface area contributed by atoms with E-state index in [9.17, 15) is 4.79 Å². The highest BCUT2D eigenvalue weighted by Gasteiger charge is 2.33. The van der Waals surface area contributed by atoms with Crippen LogP contribution >= 0.6 is 11.8 Å². The number of nitrogens with one attached hydrogen (secondary N) is 1. The summed E-state index contributed by atoms with van der Waals surface area (Å²) in [7, 11) is 0. The third-order valence-electron chi connectivity index (χ3n) is 4.54. The highest BCUT2D eigenvalue weighted by atomic mass is 32.2. The van der Waals surface area contributed by atoms with E-state index in [1.165, 1.54) is 30.6 Å². The van der Waals surface area contributed by atoms with Crippen molar-refractivity contribution in [2.45, 2.75) is 49.1 Å². The Morgan fingerprint density at radius 2 is 2.05 bits per heavy atom. The smallest absolute Gasteiger partial charge is 0.233 e. The van der Waals surface area contributed by atoms with Crippen molar-refractivity contribution >= 4 is 17.7 Å². The van der Waals surface area contributed by atoms with Crippen molar-refractivity contribution in [3.05, 3.63) is 30.3 Å². The summed E-state index contributed by atoms with van der Waals surface area (Å²) in [4.78, 5) is 16.0. The van der Waals surface area contributed by atoms with Crippen LogP contribution in [0.15, 0.2) is 35.2 Å². The minimum Gasteiger partial charge on any atom is -0.337 e. The monoisotopic (exact) mass is 304 g/mol. The number of likely N-dealkylation sites (tertiary alicyclic amines) is 1. The van der Waals surface area contributed by atoms with Crippen molar-refractivity contribution < 1.29 is 4.79 Å². The number of hydrogen-bond donors (Lipinski definition) is 1. The summed E-state index contributed by atoms with van der Waals surface area (Å²) < 4.78 is 0. The van der Waals surface area contributed by atoms with E-state index in [0.29, 0.717) is 23.7 Å². The predicted molar refractivity (Wildman–Crippen MR) is 87.5 cm³/mol. The Labute approximate surface area is 131 Å². The highest BCUT2D eigenvalue weighted by Crippen LogP contribution is 2.26. The number of hydrogen-bond acceptors (Lipinski definition) is 3. The van der Waals surface area contributed by atoms with E-state index < -0.39 is 0 Å². The molecule has 0 aromatic heterocycles. The van der Waals surface area contributed by atoms with Gasteiger partial charge in [-0.3, -0.25) is 4.79 Å². The lowest BCUT2D eigenvalue weighted by Gasteiger charge is -2.39. The molecule has 3 rings (SSSR count). The molecule has 3 nitrogen and oxygen atoms in total. The van der Waals surface area contributed by atoms with E-state index in [4.69, 9.17) is 0 Å². The van der Waals surface area contributed by atoms with E-state index in [2.05, 4.69) is 22.3 Å². The van der Waals surface area contributed by atoms with Gasteiger partial charge in [0.15, 0.2) is 0 Å². The molecule has 1 amide bonds. The standard InChI is InChI=1S/C17H24N2OS/c20-17(13-21-14-7-2-1-3-8-14)19-12-5-4-10-16(19)15-9-6-11-18-15/h1-3,7-8,15-16,18H,4-6,9-13H2. The molecule has 1 aromatic rings. The zero-order valence-electron chi connectivity index (χ0n) is 12.5. The van der Waals surface area contributed by atoms with Crippen LogP contribution in [0, 0.1) is 0 Å². The second-order valence-electron chi connectivity index (χ2n) is 5.95. The third kappa shape index (κ3) is 3.80. The Morgan fingerprint density at radius 3 is 2.81 bits per heavy atom. The second-order valence-corrected chi connectivity index (χ2v) is 7.00. The van der Waals surface area contributed by atoms with Gasteiger partial charge in [0.25, 0.3) is 0 Å². The Bertz CT molecular complexity index is 459. The van der Waals surface area contributed by atoms with Gasteiger partial charge in [-0.25, -0.2) is 0 Å². The molecular weight excluding hydrogens is 280 g/mol. The topological polar surface area (TPSA) is 32.3 Å². The van der Waals surface area contributed by atoms with E-state index in [1.807, 2.05) is 18.2 Å². The molecule has 4 heteroatoms. The number of benzene rings is 1. The average Bonchev–Trinajstić information content (AvgIpc) is 3.08. The maximum Gasteiger partial charge on any atom is 0.233 e. The summed E-state index contributed by atoms with van der Waals surface area (Å²) in [6.07, 6.45) is 6.06. The van der Waals surface area contributed by atoms with Gasteiger partial charge in [0.1, 0.15) is 0 Å². The number of amides is 1. The summed E-state index contributed by atoms with van der Waals surface area (Å²) in [5.74, 6) is 0.870. The van der Waals surface area contributed by atoms with Gasteiger partial charge in [0.05, 0.1) is 5.75 Å². The molecule has 0 radical (unpaired) electrons. The van der Waals surface area contributed by atoms with Crippen LogP contribution in [-0.4, -0.2) is 41.7 Å². The summed E-state index contributed by atoms with van der Waals surface area (Å²) in [5, 5.41) is 3.58. The molecule has 2 aliphatic rings. The van der Waals surface area contributed by atoms with Gasteiger partial charge in [0.2, 0.25) is 5.91 Å². The van der Waals surface area contributed by atoms with Gasteiger partial charge < -0.3 is 10.2 Å². The molecule has 2 atom stereocenters. The SMILES string of the molecule is O=C(CSc1ccccc1)N1CCCCC1C1CCCN1. The quantitative estimate of drug-likeness (QED) is 0.868. The summed E-state index contributed by atoms with van der Waals surface area (Å²) in [6.45, 7) is 2.05. The maximum atomic E-state index is 12.6. The Kier molecular flexibility index (Phi) is 5.20. The highest BCUT2D eigenvalue weighted by molar-refractivity contribution is 8.00. The second kappa shape index (κ2) is 7.32. The van der Waals surface area contributed by atoms with Crippen LogP contribution in [0.5, 0.6) is 0 Å². The molecule has 1 aromatic carbocycles. The lowest BCUT2D eigenvalue weighted by molar-refractivity contribution is -0.132. The van der Waals surface area contributed by atoms with Gasteiger partial charge in [-0.05, 0) is 50.8 Å². The van der Waals surface area contributed by atoms with Gasteiger partial charge in [-0.15, -0.1) is 11.8 Å². The number of thioether (sulfide) groups is 1. The van der Waals surface area contributed by atoms with Crippen LogP contribution in [0.4, 0.5) is 0 Å². The molecule has 2 fully saturated rings. The first-order valence-corrected chi connectivity index (χ1v) is 9.04. The van der Waals surface area contributed by atoms with Crippen LogP contribution in [0.3, 0.4) is 0 Å². The normalized spacial score (nSPS) is 26.0. The first-order valence-electron chi connectivity index (χ1n) is 8.05. The Hall–Kier alpha value is -1.00. The van der Waals surface area contributed by atoms with Crippen molar-refractivity contribution in [3.63, 3.8) is 0 Å². The molecule has 0 spiro atoms. The van der Waals surface area contributed by atoms with Crippen molar-refractivity contribution in [1.82, 2.24) is 10.2 Å². The van der Waals surface area contributed by atoms with Gasteiger partial charge in [0, 0.05) is 23.5 Å². The molecular formula is C17H24N2OS. The van der Waals surface area contributed by atoms with Gasteiger partial charge >= 0.3 is 0 Å². The molecule has 0 bridgehead atoms. The number of nitrogens with zero attached hydrogens (tertiary/aromatic N) is 1. The molecule has 0 saturated carbocycles. The lowest BCUT2D eigenvalue weighted by atomic mass is 9.94. The Balaban J connectivity index is 1.58. The molecule has 2 aliphatic heterocycles. The Morgan fingerprint density at radius 1 is 1.19 bits per heavy atom. The molecule has 2 saturated heterocycles. The van der Waals surface area contributed by atoms with Crippen molar-refractivity contribution in [3.8, 4) is 0 Å². The van der Waals surface area contributed by atoms with Crippen LogP contribution in [0.25, 0.3) is 0 Å². The maximum absolute atomic E-state index is 12.6. The van der Waals surface area contributed by atoms with E-state index >= 15 is 0 Å². The van der Waals surface area contributed by atoms with Crippen molar-refractivity contribution in [2.75, 3.05) is 18.8 Å². The van der Waals surface area contributed by atoms with Crippen LogP contribution in [0.2, 0.25) is 0 Å². The summed E-state index contributed by atoms with van der Waals surface area (Å²) >= 11 is 1.66. The predicted octanol–water partition coefficient (Wildman–Crippen LogP) is 2.91. The number of carbonyl (C=O) groups excluding carboxylic acids is 1. The minimum absolute atomic E-state index is 0.308. The van der Waals surface area contributed by atoms with Crippen LogP contribution in [0.1, 0.15) is 32.1 Å². The lowest BCUT2D eigenvalue weighted by Crippen LogP contribution is -2.53. The average molecular weight is 304 g/mol. The van der Waals surface area contributed by atoms with Crippen LogP contribution in [-0.2, 0) is 4.79 Å². The fraction of sp³-hybridized carbons (Fsp3) is 0.588. The van der Waals surface area contributed by atoms with Gasteiger partial charge in [-0.2, -0.15) is 0 Å². The van der Waals surface area contributed by atoms with E-state index in [-0.39, 0.29) is 0 Å². The largest absolute Gasteiger partial charge is 0.337 e. The number of carbonyl (C=O) groups is 1. The number of rotatable bonds is 4. The van der Waals surface area contributed by atoms with E-state index in [1.54, 1.807) is 11.8 Å². The molecule has 114 valence electrons. The van der Waals surface area contributed by atoms with Gasteiger partial charge in [-0.1, -0.05) is 18.2 Å². The molecule has 2 unspecified atom stereocenters. The molecule has 1 N–H and O–H groups in total. The molecule has 0 aliphatic carbocycles. The van der Waals surface area contributed by atoms with Crippen molar-refractivity contribution in [1.29, 1.82) is 0 Å². The van der Waals surface area contributed by atoms with E-state index in [0.717, 1.165) is 19.5 Å². The van der Waals surface area contributed by atoms with Crippen molar-refractivity contribution in [2.24, 2.45) is 0 Å². The fourth-order valence-electron chi connectivity index (χ4n) is 3.47. The zero-order valence-corrected chi connectivity index (χ0v) is 13.3. The molecule has 2 heterocycles.